The maximum absolute atomic E-state index is 12.4. The van der Waals surface area contributed by atoms with Crippen LogP contribution in [0.3, 0.4) is 0 Å². The van der Waals surface area contributed by atoms with Crippen LogP contribution >= 0.6 is 22.6 Å². The Balaban J connectivity index is 1.72. The fourth-order valence-corrected chi connectivity index (χ4v) is 3.27. The molecule has 0 fully saturated rings. The third kappa shape index (κ3) is 3.27. The molecule has 0 bridgehead atoms. The number of carbonyl (C=O) groups is 1. The van der Waals surface area contributed by atoms with Crippen LogP contribution in [0.4, 0.5) is 5.69 Å². The molecule has 3 nitrogen and oxygen atoms in total. The van der Waals surface area contributed by atoms with Gasteiger partial charge in [-0.2, -0.15) is 0 Å². The molecule has 1 aliphatic heterocycles. The highest BCUT2D eigenvalue weighted by molar-refractivity contribution is 14.1. The molecular weight excluding hydrogens is 375 g/mol. The monoisotopic (exact) mass is 392 g/mol. The average Bonchev–Trinajstić information content (AvgIpc) is 2.49. The van der Waals surface area contributed by atoms with Crippen LogP contribution in [0.2, 0.25) is 0 Å². The van der Waals surface area contributed by atoms with Crippen molar-refractivity contribution in [2.45, 2.75) is 25.9 Å². The summed E-state index contributed by atoms with van der Waals surface area (Å²) in [6.45, 7) is 2.77. The Morgan fingerprint density at radius 1 is 1.24 bits per heavy atom. The molecule has 0 aliphatic carbocycles. The van der Waals surface area contributed by atoms with Crippen LogP contribution in [0.1, 0.15) is 16.7 Å². The minimum atomic E-state index is -0.168. The van der Waals surface area contributed by atoms with Crippen LogP contribution in [0.25, 0.3) is 0 Å². The number of carbonyl (C=O) groups excluding carboxylic acids is 1. The number of hydrogen-bond donors (Lipinski definition) is 2. The molecule has 21 heavy (non-hydrogen) atoms. The summed E-state index contributed by atoms with van der Waals surface area (Å²) in [4.78, 5) is 12.4. The number of aryl methyl sites for hydroxylation is 1. The largest absolute Gasteiger partial charge is 0.324 e. The Hall–Kier alpha value is -1.40. The summed E-state index contributed by atoms with van der Waals surface area (Å²) in [7, 11) is 0. The predicted molar refractivity (Wildman–Crippen MR) is 93.3 cm³/mol. The third-order valence-electron chi connectivity index (χ3n) is 3.84. The molecule has 108 valence electrons. The van der Waals surface area contributed by atoms with Crippen molar-refractivity contribution in [3.8, 4) is 0 Å². The molecule has 0 radical (unpaired) electrons. The number of nitrogens with one attached hydrogen (secondary N) is 2. The zero-order chi connectivity index (χ0) is 14.8. The van der Waals surface area contributed by atoms with Crippen molar-refractivity contribution in [2.75, 3.05) is 5.32 Å². The first-order valence-electron chi connectivity index (χ1n) is 7.00. The maximum atomic E-state index is 12.4. The summed E-state index contributed by atoms with van der Waals surface area (Å²) in [6, 6.07) is 14.2. The van der Waals surface area contributed by atoms with E-state index in [1.807, 2.05) is 31.2 Å². The van der Waals surface area contributed by atoms with Gasteiger partial charge in [0.15, 0.2) is 0 Å². The van der Waals surface area contributed by atoms with E-state index in [-0.39, 0.29) is 11.9 Å². The van der Waals surface area contributed by atoms with E-state index in [9.17, 15) is 4.79 Å². The number of fused-ring (bicyclic) bond motifs is 1. The summed E-state index contributed by atoms with van der Waals surface area (Å²) in [5, 5.41) is 6.35. The standard InChI is InChI=1S/C17H17IN2O/c1-11-8-14(18)6-7-15(11)20-17(21)16-9-12-4-2-3-5-13(12)10-19-16/h2-8,16,19H,9-10H2,1H3,(H,20,21). The van der Waals surface area contributed by atoms with E-state index >= 15 is 0 Å². The number of amides is 1. The lowest BCUT2D eigenvalue weighted by Crippen LogP contribution is -2.44. The van der Waals surface area contributed by atoms with Gasteiger partial charge >= 0.3 is 0 Å². The van der Waals surface area contributed by atoms with Gasteiger partial charge in [0.1, 0.15) is 0 Å². The Morgan fingerprint density at radius 2 is 2.00 bits per heavy atom. The molecule has 0 saturated heterocycles. The van der Waals surface area contributed by atoms with Gasteiger partial charge in [-0.05, 0) is 70.8 Å². The first-order chi connectivity index (χ1) is 10.1. The molecule has 0 aromatic heterocycles. The fraction of sp³-hybridized carbons (Fsp3) is 0.235. The average molecular weight is 392 g/mol. The fourth-order valence-electron chi connectivity index (χ4n) is 2.63. The van der Waals surface area contributed by atoms with Crippen molar-refractivity contribution >= 4 is 34.2 Å². The highest BCUT2D eigenvalue weighted by atomic mass is 127. The molecule has 1 amide bonds. The van der Waals surface area contributed by atoms with Crippen molar-refractivity contribution in [3.05, 3.63) is 62.7 Å². The van der Waals surface area contributed by atoms with E-state index in [0.717, 1.165) is 24.2 Å². The van der Waals surface area contributed by atoms with Gasteiger partial charge in [0.2, 0.25) is 5.91 Å². The lowest BCUT2D eigenvalue weighted by molar-refractivity contribution is -0.118. The van der Waals surface area contributed by atoms with Crippen LogP contribution in [0, 0.1) is 10.5 Å². The van der Waals surface area contributed by atoms with Gasteiger partial charge in [-0.15, -0.1) is 0 Å². The molecule has 2 N–H and O–H groups in total. The summed E-state index contributed by atoms with van der Waals surface area (Å²) in [5.41, 5.74) is 4.52. The Bertz CT molecular complexity index is 684. The van der Waals surface area contributed by atoms with Gasteiger partial charge in [-0.25, -0.2) is 0 Å². The molecule has 2 aromatic carbocycles. The minimum Gasteiger partial charge on any atom is -0.324 e. The first-order valence-corrected chi connectivity index (χ1v) is 8.08. The molecule has 3 rings (SSSR count). The summed E-state index contributed by atoms with van der Waals surface area (Å²) >= 11 is 2.27. The second-order valence-electron chi connectivity index (χ2n) is 5.35. The van der Waals surface area contributed by atoms with Crippen LogP contribution < -0.4 is 10.6 Å². The number of hydrogen-bond acceptors (Lipinski definition) is 2. The maximum Gasteiger partial charge on any atom is 0.241 e. The Morgan fingerprint density at radius 3 is 2.76 bits per heavy atom. The van der Waals surface area contributed by atoms with Crippen molar-refractivity contribution in [1.82, 2.24) is 5.32 Å². The molecular formula is C17H17IN2O. The zero-order valence-corrected chi connectivity index (χ0v) is 14.0. The Labute approximate surface area is 138 Å². The summed E-state index contributed by atoms with van der Waals surface area (Å²) < 4.78 is 1.17. The minimum absolute atomic E-state index is 0.0359. The van der Waals surface area contributed by atoms with Gasteiger partial charge in [0.25, 0.3) is 0 Å². The molecule has 1 aliphatic rings. The van der Waals surface area contributed by atoms with Crippen LogP contribution in [-0.2, 0) is 17.8 Å². The van der Waals surface area contributed by atoms with E-state index in [1.54, 1.807) is 0 Å². The second-order valence-corrected chi connectivity index (χ2v) is 6.60. The topological polar surface area (TPSA) is 41.1 Å². The highest BCUT2D eigenvalue weighted by Crippen LogP contribution is 2.20. The van der Waals surface area contributed by atoms with E-state index in [0.29, 0.717) is 0 Å². The second kappa shape index (κ2) is 6.15. The van der Waals surface area contributed by atoms with Gasteiger partial charge < -0.3 is 10.6 Å². The van der Waals surface area contributed by atoms with E-state index < -0.39 is 0 Å². The lowest BCUT2D eigenvalue weighted by Gasteiger charge is -2.25. The van der Waals surface area contributed by atoms with Gasteiger partial charge in [-0.3, -0.25) is 4.79 Å². The molecule has 4 heteroatoms. The quantitative estimate of drug-likeness (QED) is 0.771. The van der Waals surface area contributed by atoms with Crippen molar-refractivity contribution in [2.24, 2.45) is 0 Å². The van der Waals surface area contributed by atoms with Crippen LogP contribution in [0.15, 0.2) is 42.5 Å². The zero-order valence-electron chi connectivity index (χ0n) is 11.8. The summed E-state index contributed by atoms with van der Waals surface area (Å²) in [6.07, 6.45) is 0.741. The van der Waals surface area contributed by atoms with Crippen molar-refractivity contribution in [1.29, 1.82) is 0 Å². The van der Waals surface area contributed by atoms with Crippen LogP contribution in [-0.4, -0.2) is 11.9 Å². The lowest BCUT2D eigenvalue weighted by atomic mass is 9.95. The third-order valence-corrected chi connectivity index (χ3v) is 4.52. The van der Waals surface area contributed by atoms with Gasteiger partial charge in [0.05, 0.1) is 6.04 Å². The number of halogens is 1. The number of rotatable bonds is 2. The van der Waals surface area contributed by atoms with E-state index in [4.69, 9.17) is 0 Å². The van der Waals surface area contributed by atoms with E-state index in [1.165, 1.54) is 14.7 Å². The number of anilines is 1. The van der Waals surface area contributed by atoms with Gasteiger partial charge in [-0.1, -0.05) is 24.3 Å². The smallest absolute Gasteiger partial charge is 0.241 e. The number of benzene rings is 2. The Kier molecular flexibility index (Phi) is 4.26. The SMILES string of the molecule is Cc1cc(I)ccc1NC(=O)C1Cc2ccccc2CN1. The van der Waals surface area contributed by atoms with E-state index in [2.05, 4.69) is 51.4 Å². The van der Waals surface area contributed by atoms with Gasteiger partial charge in [0, 0.05) is 15.8 Å². The molecule has 0 saturated carbocycles. The van der Waals surface area contributed by atoms with Crippen LogP contribution in [0.5, 0.6) is 0 Å². The molecule has 1 atom stereocenters. The van der Waals surface area contributed by atoms with Crippen molar-refractivity contribution in [3.63, 3.8) is 0 Å². The molecule has 0 spiro atoms. The van der Waals surface area contributed by atoms with Crippen molar-refractivity contribution < 1.29 is 4.79 Å². The normalized spacial score (nSPS) is 17.1. The molecule has 2 aromatic rings. The highest BCUT2D eigenvalue weighted by Gasteiger charge is 2.24. The predicted octanol–water partition coefficient (Wildman–Crippen LogP) is 3.25. The molecule has 1 heterocycles. The first kappa shape index (κ1) is 14.5. The molecule has 1 unspecified atom stereocenters. The summed E-state index contributed by atoms with van der Waals surface area (Å²) in [5.74, 6) is 0.0359.